The number of anilines is 3. The first-order chi connectivity index (χ1) is 16.5. The number of rotatable bonds is 4. The molecule has 6 rings (SSSR count). The Morgan fingerprint density at radius 3 is 2.71 bits per heavy atom. The van der Waals surface area contributed by atoms with Crippen LogP contribution in [0.15, 0.2) is 48.8 Å². The normalized spacial score (nSPS) is 15.3. The number of halogens is 1. The van der Waals surface area contributed by atoms with Crippen molar-refractivity contribution in [3.8, 4) is 11.3 Å². The molecule has 0 radical (unpaired) electrons. The minimum atomic E-state index is -0.513. The molecular formula is C25H22FN7O. The van der Waals surface area contributed by atoms with E-state index in [9.17, 15) is 9.18 Å². The Morgan fingerprint density at radius 1 is 1.00 bits per heavy atom. The molecule has 34 heavy (non-hydrogen) atoms. The number of benzene rings is 2. The van der Waals surface area contributed by atoms with Crippen LogP contribution in [0.3, 0.4) is 0 Å². The third kappa shape index (κ3) is 3.59. The van der Waals surface area contributed by atoms with E-state index in [1.165, 1.54) is 0 Å². The molecule has 4 aromatic rings. The lowest BCUT2D eigenvalue weighted by molar-refractivity contribution is 0.0816. The molecule has 1 saturated heterocycles. The summed E-state index contributed by atoms with van der Waals surface area (Å²) in [6.45, 7) is 2.50. The van der Waals surface area contributed by atoms with Gasteiger partial charge in [-0.1, -0.05) is 6.07 Å². The van der Waals surface area contributed by atoms with Gasteiger partial charge in [-0.25, -0.2) is 24.3 Å². The second kappa shape index (κ2) is 8.02. The van der Waals surface area contributed by atoms with Crippen LogP contribution in [-0.4, -0.2) is 50.9 Å². The van der Waals surface area contributed by atoms with Crippen molar-refractivity contribution in [1.82, 2.24) is 24.8 Å². The standard InChI is InChI=1S/C25H22FN7O/c1-32-14-17-11-18(5-6-19(17)23(32)34)29-24-27-13-20(26)22(31-24)15-4-7-21-16(10-15)12-28-25(30-21)33-8-2-3-9-33/h4-7,10-13H,2-3,8-9,14H2,1H3,(H,27,29,31). The highest BCUT2D eigenvalue weighted by atomic mass is 19.1. The number of nitrogens with zero attached hydrogens (tertiary/aromatic N) is 6. The van der Waals surface area contributed by atoms with Crippen molar-refractivity contribution in [2.24, 2.45) is 0 Å². The van der Waals surface area contributed by atoms with Crippen molar-refractivity contribution in [2.45, 2.75) is 19.4 Å². The van der Waals surface area contributed by atoms with Gasteiger partial charge >= 0.3 is 0 Å². The van der Waals surface area contributed by atoms with E-state index in [1.54, 1.807) is 30.3 Å². The van der Waals surface area contributed by atoms with Crippen LogP contribution in [0.25, 0.3) is 22.2 Å². The Balaban J connectivity index is 1.29. The maximum atomic E-state index is 14.7. The summed E-state index contributed by atoms with van der Waals surface area (Å²) in [4.78, 5) is 33.7. The van der Waals surface area contributed by atoms with E-state index in [-0.39, 0.29) is 17.5 Å². The summed E-state index contributed by atoms with van der Waals surface area (Å²) < 4.78 is 14.7. The van der Waals surface area contributed by atoms with Gasteiger partial charge in [0.1, 0.15) is 5.69 Å². The summed E-state index contributed by atoms with van der Waals surface area (Å²) in [5, 5.41) is 3.95. The Bertz CT molecular complexity index is 1430. The van der Waals surface area contributed by atoms with Crippen LogP contribution >= 0.6 is 0 Å². The molecule has 9 heteroatoms. The highest BCUT2D eigenvalue weighted by molar-refractivity contribution is 5.98. The number of carbonyl (C=O) groups excluding carboxylic acids is 1. The van der Waals surface area contributed by atoms with Gasteiger partial charge in [0.25, 0.3) is 5.91 Å². The first-order valence-corrected chi connectivity index (χ1v) is 11.3. The van der Waals surface area contributed by atoms with Gasteiger partial charge in [0.05, 0.1) is 11.7 Å². The quantitative estimate of drug-likeness (QED) is 0.495. The number of hydrogen-bond acceptors (Lipinski definition) is 7. The highest BCUT2D eigenvalue weighted by Crippen LogP contribution is 2.29. The Labute approximate surface area is 195 Å². The molecule has 0 aliphatic carbocycles. The van der Waals surface area contributed by atoms with Crippen LogP contribution in [0.4, 0.5) is 22.0 Å². The molecule has 2 aliphatic heterocycles. The van der Waals surface area contributed by atoms with Gasteiger partial charge in [0, 0.05) is 55.1 Å². The van der Waals surface area contributed by atoms with Gasteiger partial charge in [0.15, 0.2) is 5.82 Å². The number of carbonyl (C=O) groups is 1. The summed E-state index contributed by atoms with van der Waals surface area (Å²) in [5.41, 5.74) is 3.99. The lowest BCUT2D eigenvalue weighted by Crippen LogP contribution is -2.20. The zero-order chi connectivity index (χ0) is 23.2. The van der Waals surface area contributed by atoms with Gasteiger partial charge < -0.3 is 15.1 Å². The predicted molar refractivity (Wildman–Crippen MR) is 127 cm³/mol. The zero-order valence-corrected chi connectivity index (χ0v) is 18.6. The van der Waals surface area contributed by atoms with Crippen molar-refractivity contribution < 1.29 is 9.18 Å². The second-order valence-electron chi connectivity index (χ2n) is 8.69. The topological polar surface area (TPSA) is 87.1 Å². The highest BCUT2D eigenvalue weighted by Gasteiger charge is 2.24. The van der Waals surface area contributed by atoms with E-state index in [0.29, 0.717) is 17.7 Å². The number of fused-ring (bicyclic) bond motifs is 2. The van der Waals surface area contributed by atoms with E-state index < -0.39 is 5.82 Å². The van der Waals surface area contributed by atoms with Crippen molar-refractivity contribution in [3.63, 3.8) is 0 Å². The van der Waals surface area contributed by atoms with Crippen molar-refractivity contribution >= 4 is 34.4 Å². The molecule has 1 N–H and O–H groups in total. The summed E-state index contributed by atoms with van der Waals surface area (Å²) in [6.07, 6.45) is 5.25. The van der Waals surface area contributed by atoms with Gasteiger partial charge in [-0.15, -0.1) is 0 Å². The Morgan fingerprint density at radius 2 is 1.85 bits per heavy atom. The Hall–Kier alpha value is -4.14. The van der Waals surface area contributed by atoms with E-state index in [0.717, 1.165) is 60.2 Å². The van der Waals surface area contributed by atoms with Crippen LogP contribution in [-0.2, 0) is 6.54 Å². The third-order valence-electron chi connectivity index (χ3n) is 6.32. The second-order valence-corrected chi connectivity index (χ2v) is 8.69. The van der Waals surface area contributed by atoms with Crippen LogP contribution in [0.5, 0.6) is 0 Å². The molecule has 1 fully saturated rings. The molecule has 0 atom stereocenters. The first-order valence-electron chi connectivity index (χ1n) is 11.3. The SMILES string of the molecule is CN1Cc2cc(Nc3ncc(F)c(-c4ccc5nc(N6CCCC6)ncc5c4)n3)ccc2C1=O. The summed E-state index contributed by atoms with van der Waals surface area (Å²) in [5.74, 6) is 0.504. The number of aromatic nitrogens is 4. The fourth-order valence-electron chi connectivity index (χ4n) is 4.54. The molecule has 2 aromatic heterocycles. The van der Waals surface area contributed by atoms with Crippen LogP contribution in [0.2, 0.25) is 0 Å². The maximum absolute atomic E-state index is 14.7. The molecule has 2 aliphatic rings. The average Bonchev–Trinajstić information content (AvgIpc) is 3.48. The van der Waals surface area contributed by atoms with Gasteiger partial charge in [-0.3, -0.25) is 4.79 Å². The van der Waals surface area contributed by atoms with Crippen molar-refractivity contribution in [2.75, 3.05) is 30.4 Å². The monoisotopic (exact) mass is 455 g/mol. The molecule has 0 bridgehead atoms. The minimum Gasteiger partial charge on any atom is -0.341 e. The summed E-state index contributed by atoms with van der Waals surface area (Å²) in [6, 6.07) is 11.0. The lowest BCUT2D eigenvalue weighted by Gasteiger charge is -2.15. The van der Waals surface area contributed by atoms with E-state index in [1.807, 2.05) is 24.3 Å². The largest absolute Gasteiger partial charge is 0.341 e. The number of amides is 1. The smallest absolute Gasteiger partial charge is 0.254 e. The fourth-order valence-corrected chi connectivity index (χ4v) is 4.54. The maximum Gasteiger partial charge on any atom is 0.254 e. The van der Waals surface area contributed by atoms with E-state index >= 15 is 0 Å². The van der Waals surface area contributed by atoms with Gasteiger partial charge in [0.2, 0.25) is 11.9 Å². The summed E-state index contributed by atoms with van der Waals surface area (Å²) in [7, 11) is 1.77. The molecule has 0 spiro atoms. The van der Waals surface area contributed by atoms with Gasteiger partial charge in [-0.2, -0.15) is 0 Å². The molecule has 170 valence electrons. The molecular weight excluding hydrogens is 433 g/mol. The molecule has 0 saturated carbocycles. The molecule has 0 unspecified atom stereocenters. The van der Waals surface area contributed by atoms with Crippen LogP contribution < -0.4 is 10.2 Å². The van der Waals surface area contributed by atoms with E-state index in [2.05, 4.69) is 30.2 Å². The van der Waals surface area contributed by atoms with Crippen LogP contribution in [0.1, 0.15) is 28.8 Å². The summed E-state index contributed by atoms with van der Waals surface area (Å²) >= 11 is 0. The van der Waals surface area contributed by atoms with Crippen LogP contribution in [0, 0.1) is 5.82 Å². The number of hydrogen-bond donors (Lipinski definition) is 1. The van der Waals surface area contributed by atoms with E-state index in [4.69, 9.17) is 0 Å². The predicted octanol–water partition coefficient (Wildman–Crippen LogP) is 4.16. The van der Waals surface area contributed by atoms with Crippen molar-refractivity contribution in [1.29, 1.82) is 0 Å². The minimum absolute atomic E-state index is 0.00898. The Kier molecular flexibility index (Phi) is 4.83. The average molecular weight is 455 g/mol. The molecule has 8 nitrogen and oxygen atoms in total. The third-order valence-corrected chi connectivity index (χ3v) is 6.32. The molecule has 1 amide bonds. The van der Waals surface area contributed by atoms with Gasteiger partial charge in [-0.05, 0) is 48.7 Å². The lowest BCUT2D eigenvalue weighted by atomic mass is 10.1. The molecule has 4 heterocycles. The first kappa shape index (κ1) is 20.5. The molecule has 2 aromatic carbocycles. The fraction of sp³-hybridized carbons (Fsp3) is 0.240. The van der Waals surface area contributed by atoms with Crippen molar-refractivity contribution in [3.05, 3.63) is 65.7 Å². The zero-order valence-electron chi connectivity index (χ0n) is 18.6. The number of nitrogens with one attached hydrogen (secondary N) is 1.